The molecule has 10 heteroatoms. The van der Waals surface area contributed by atoms with Crippen molar-refractivity contribution < 1.29 is 19.5 Å². The van der Waals surface area contributed by atoms with Crippen LogP contribution in [0.15, 0.2) is 60.0 Å². The van der Waals surface area contributed by atoms with Crippen LogP contribution in [0.3, 0.4) is 0 Å². The number of aryl methyl sites for hydroxylation is 1. The van der Waals surface area contributed by atoms with Crippen molar-refractivity contribution in [3.05, 3.63) is 87.4 Å². The van der Waals surface area contributed by atoms with Gasteiger partial charge in [-0.1, -0.05) is 50.2 Å². The van der Waals surface area contributed by atoms with E-state index in [4.69, 9.17) is 0 Å². The van der Waals surface area contributed by atoms with E-state index in [1.165, 1.54) is 11.3 Å². The Morgan fingerprint density at radius 3 is 2.34 bits per heavy atom. The number of hydrogen-bond acceptors (Lipinski definition) is 7. The monoisotopic (exact) mass is 579 g/mol. The standard InChI is InChI=1S/C31H41N5O4S/c1-20(2)16-33-30(39)28(22(4)37)32-17-26(14-23-10-7-6-8-11-23)35-29(38)24-12-9-13-25(15-24)31(40)36(5)18-27-34-21(3)19-41-27/h6-13,15,19-20,22,26,28,32,37H,14,16-18H2,1-5H3,(H,33,39)(H,35,38)/t22-,26-,28-/m0/s1. The van der Waals surface area contributed by atoms with Gasteiger partial charge in [-0.15, -0.1) is 11.3 Å². The van der Waals surface area contributed by atoms with Crippen molar-refractivity contribution in [2.45, 2.75) is 58.8 Å². The highest BCUT2D eigenvalue weighted by Gasteiger charge is 2.25. The summed E-state index contributed by atoms with van der Waals surface area (Å²) in [5.41, 5.74) is 2.69. The third kappa shape index (κ3) is 10.1. The van der Waals surface area contributed by atoms with Crippen LogP contribution in [0.5, 0.6) is 0 Å². The molecule has 3 atom stereocenters. The van der Waals surface area contributed by atoms with Crippen LogP contribution < -0.4 is 16.0 Å². The Labute approximate surface area is 246 Å². The fourth-order valence-electron chi connectivity index (χ4n) is 4.27. The molecule has 2 aromatic carbocycles. The number of rotatable bonds is 14. The average molecular weight is 580 g/mol. The van der Waals surface area contributed by atoms with Crippen molar-refractivity contribution in [1.82, 2.24) is 25.8 Å². The number of thiazole rings is 1. The molecule has 0 saturated heterocycles. The molecule has 0 radical (unpaired) electrons. The van der Waals surface area contributed by atoms with Gasteiger partial charge in [0, 0.05) is 48.4 Å². The van der Waals surface area contributed by atoms with Crippen molar-refractivity contribution in [3.63, 3.8) is 0 Å². The van der Waals surface area contributed by atoms with Crippen LogP contribution in [0.4, 0.5) is 0 Å². The summed E-state index contributed by atoms with van der Waals surface area (Å²) < 4.78 is 0. The van der Waals surface area contributed by atoms with Gasteiger partial charge in [-0.05, 0) is 49.9 Å². The summed E-state index contributed by atoms with van der Waals surface area (Å²) >= 11 is 1.50. The van der Waals surface area contributed by atoms with Crippen molar-refractivity contribution in [3.8, 4) is 0 Å². The molecule has 0 unspecified atom stereocenters. The Hall–Kier alpha value is -3.60. The van der Waals surface area contributed by atoms with E-state index in [1.807, 2.05) is 56.5 Å². The van der Waals surface area contributed by atoms with Gasteiger partial charge in [-0.2, -0.15) is 0 Å². The molecular formula is C31H41N5O4S. The predicted molar refractivity (Wildman–Crippen MR) is 162 cm³/mol. The highest BCUT2D eigenvalue weighted by Crippen LogP contribution is 2.14. The number of hydrogen-bond donors (Lipinski definition) is 4. The lowest BCUT2D eigenvalue weighted by atomic mass is 10.0. The maximum absolute atomic E-state index is 13.4. The summed E-state index contributed by atoms with van der Waals surface area (Å²) in [4.78, 5) is 45.2. The van der Waals surface area contributed by atoms with Crippen LogP contribution >= 0.6 is 11.3 Å². The van der Waals surface area contributed by atoms with Gasteiger partial charge in [0.2, 0.25) is 5.91 Å². The largest absolute Gasteiger partial charge is 0.391 e. The van der Waals surface area contributed by atoms with Crippen molar-refractivity contribution in [2.75, 3.05) is 20.1 Å². The molecule has 0 saturated carbocycles. The average Bonchev–Trinajstić information content (AvgIpc) is 3.35. The van der Waals surface area contributed by atoms with Gasteiger partial charge in [-0.25, -0.2) is 4.98 Å². The molecular weight excluding hydrogens is 538 g/mol. The molecule has 220 valence electrons. The van der Waals surface area contributed by atoms with Crippen LogP contribution in [0, 0.1) is 12.8 Å². The topological polar surface area (TPSA) is 124 Å². The van der Waals surface area contributed by atoms with Crippen molar-refractivity contribution in [1.29, 1.82) is 0 Å². The molecule has 0 aliphatic rings. The lowest BCUT2D eigenvalue weighted by molar-refractivity contribution is -0.125. The quantitative estimate of drug-likeness (QED) is 0.233. The highest BCUT2D eigenvalue weighted by atomic mass is 32.1. The summed E-state index contributed by atoms with van der Waals surface area (Å²) in [6, 6.07) is 15.1. The molecule has 0 aliphatic carbocycles. The minimum atomic E-state index is -0.928. The molecule has 4 N–H and O–H groups in total. The summed E-state index contributed by atoms with van der Waals surface area (Å²) in [7, 11) is 1.71. The van der Waals surface area contributed by atoms with Crippen molar-refractivity contribution >= 4 is 29.1 Å². The second-order valence-electron chi connectivity index (χ2n) is 10.8. The highest BCUT2D eigenvalue weighted by molar-refractivity contribution is 7.09. The Morgan fingerprint density at radius 2 is 1.71 bits per heavy atom. The van der Waals surface area contributed by atoms with E-state index >= 15 is 0 Å². The van der Waals surface area contributed by atoms with Gasteiger partial charge in [0.15, 0.2) is 0 Å². The van der Waals surface area contributed by atoms with E-state index in [0.717, 1.165) is 16.3 Å². The first-order chi connectivity index (χ1) is 19.5. The smallest absolute Gasteiger partial charge is 0.253 e. The van der Waals surface area contributed by atoms with E-state index in [0.29, 0.717) is 30.6 Å². The number of nitrogens with one attached hydrogen (secondary N) is 3. The molecule has 41 heavy (non-hydrogen) atoms. The molecule has 0 fully saturated rings. The summed E-state index contributed by atoms with van der Waals surface area (Å²) in [6.07, 6.45) is -0.419. The number of nitrogens with zero attached hydrogens (tertiary/aromatic N) is 2. The molecule has 0 aliphatic heterocycles. The van der Waals surface area contributed by atoms with Crippen LogP contribution in [0.1, 0.15) is 57.8 Å². The summed E-state index contributed by atoms with van der Waals surface area (Å²) in [5.74, 6) is -0.555. The van der Waals surface area contributed by atoms with Crippen LogP contribution in [0.25, 0.3) is 0 Å². The lowest BCUT2D eigenvalue weighted by Crippen LogP contribution is -2.55. The van der Waals surface area contributed by atoms with Crippen LogP contribution in [-0.2, 0) is 17.8 Å². The molecule has 3 rings (SSSR count). The van der Waals surface area contributed by atoms with E-state index in [-0.39, 0.29) is 36.2 Å². The maximum atomic E-state index is 13.4. The first-order valence-electron chi connectivity index (χ1n) is 13.8. The van der Waals surface area contributed by atoms with Crippen LogP contribution in [0.2, 0.25) is 0 Å². The van der Waals surface area contributed by atoms with Gasteiger partial charge in [0.25, 0.3) is 11.8 Å². The normalized spacial score (nSPS) is 13.3. The van der Waals surface area contributed by atoms with E-state index in [2.05, 4.69) is 20.9 Å². The number of benzene rings is 2. The number of carbonyl (C=O) groups excluding carboxylic acids is 3. The Morgan fingerprint density at radius 1 is 1.00 bits per heavy atom. The lowest BCUT2D eigenvalue weighted by Gasteiger charge is -2.26. The number of aromatic nitrogens is 1. The van der Waals surface area contributed by atoms with E-state index in [9.17, 15) is 19.5 Å². The number of aliphatic hydroxyl groups excluding tert-OH is 1. The molecule has 3 aromatic rings. The van der Waals surface area contributed by atoms with E-state index in [1.54, 1.807) is 43.1 Å². The summed E-state index contributed by atoms with van der Waals surface area (Å²) in [5, 5.41) is 22.1. The van der Waals surface area contributed by atoms with Gasteiger partial charge in [0.05, 0.1) is 12.6 Å². The van der Waals surface area contributed by atoms with Gasteiger partial charge >= 0.3 is 0 Å². The third-order valence-corrected chi connectivity index (χ3v) is 7.40. The summed E-state index contributed by atoms with van der Waals surface area (Å²) in [6.45, 7) is 8.61. The SMILES string of the molecule is Cc1csc(CN(C)C(=O)c2cccc(C(=O)N[C@H](CN[C@H](C(=O)NCC(C)C)[C@H](C)O)Cc3ccccc3)c2)n1. The fourth-order valence-corrected chi connectivity index (χ4v) is 5.10. The zero-order valence-corrected chi connectivity index (χ0v) is 25.2. The van der Waals surface area contributed by atoms with Gasteiger partial charge in [-0.3, -0.25) is 14.4 Å². The van der Waals surface area contributed by atoms with Crippen molar-refractivity contribution in [2.24, 2.45) is 5.92 Å². The fraction of sp³-hybridized carbons (Fsp3) is 0.419. The molecule has 1 aromatic heterocycles. The minimum absolute atomic E-state index is 0.206. The number of aliphatic hydroxyl groups is 1. The molecule has 1 heterocycles. The Kier molecular flexibility index (Phi) is 12.0. The second kappa shape index (κ2) is 15.4. The number of amides is 3. The Balaban J connectivity index is 1.71. The maximum Gasteiger partial charge on any atom is 0.253 e. The van der Waals surface area contributed by atoms with E-state index < -0.39 is 12.1 Å². The minimum Gasteiger partial charge on any atom is -0.391 e. The molecule has 0 bridgehead atoms. The third-order valence-electron chi connectivity index (χ3n) is 6.45. The first-order valence-corrected chi connectivity index (χ1v) is 14.7. The number of carbonyl (C=O) groups is 3. The zero-order chi connectivity index (χ0) is 29.9. The zero-order valence-electron chi connectivity index (χ0n) is 24.4. The van der Waals surface area contributed by atoms with Crippen LogP contribution in [-0.4, -0.2) is 71.0 Å². The van der Waals surface area contributed by atoms with Gasteiger partial charge in [0.1, 0.15) is 11.0 Å². The second-order valence-corrected chi connectivity index (χ2v) is 11.7. The molecule has 9 nitrogen and oxygen atoms in total. The predicted octanol–water partition coefficient (Wildman–Crippen LogP) is 3.18. The molecule has 3 amide bonds. The first kappa shape index (κ1) is 31.9. The Bertz CT molecular complexity index is 1290. The molecule has 0 spiro atoms. The van der Waals surface area contributed by atoms with Gasteiger partial charge < -0.3 is 26.0 Å².